The second-order valence-corrected chi connectivity index (χ2v) is 10.1. The zero-order valence-electron chi connectivity index (χ0n) is 19.8. The monoisotopic (exact) mass is 489 g/mol. The van der Waals surface area contributed by atoms with Crippen molar-refractivity contribution in [1.29, 1.82) is 5.26 Å². The number of benzene rings is 1. The van der Waals surface area contributed by atoms with E-state index in [1.54, 1.807) is 0 Å². The van der Waals surface area contributed by atoms with Crippen LogP contribution in [0.25, 0.3) is 5.69 Å². The fraction of sp³-hybridized carbons (Fsp3) is 0.462. The van der Waals surface area contributed by atoms with Gasteiger partial charge in [0.05, 0.1) is 30.1 Å². The minimum Gasteiger partial charge on any atom is -0.380 e. The van der Waals surface area contributed by atoms with Gasteiger partial charge in [-0.1, -0.05) is 11.6 Å². The molecule has 8 nitrogen and oxygen atoms in total. The third kappa shape index (κ3) is 4.18. The van der Waals surface area contributed by atoms with E-state index in [1.165, 1.54) is 5.56 Å². The number of rotatable bonds is 3. The number of anilines is 1. The topological polar surface area (TPSA) is 83.1 Å². The van der Waals surface area contributed by atoms with Crippen molar-refractivity contribution >= 4 is 17.4 Å². The quantitative estimate of drug-likeness (QED) is 0.550. The van der Waals surface area contributed by atoms with Crippen LogP contribution in [0.5, 0.6) is 0 Å². The van der Waals surface area contributed by atoms with Crippen molar-refractivity contribution in [3.63, 3.8) is 0 Å². The van der Waals surface area contributed by atoms with E-state index in [4.69, 9.17) is 21.4 Å². The summed E-state index contributed by atoms with van der Waals surface area (Å²) in [6, 6.07) is 12.6. The number of ether oxygens (including phenoxy) is 1. The van der Waals surface area contributed by atoms with Gasteiger partial charge in [0.15, 0.2) is 5.82 Å². The molecule has 0 amide bonds. The number of pyridine rings is 1. The molecule has 1 atom stereocenters. The van der Waals surface area contributed by atoms with E-state index < -0.39 is 0 Å². The zero-order valence-corrected chi connectivity index (χ0v) is 20.6. The van der Waals surface area contributed by atoms with Gasteiger partial charge in [0, 0.05) is 43.2 Å². The number of nitriles is 1. The molecule has 5 heterocycles. The Balaban J connectivity index is 1.28. The van der Waals surface area contributed by atoms with Crippen LogP contribution in [-0.4, -0.2) is 57.0 Å². The van der Waals surface area contributed by atoms with Crippen LogP contribution >= 0.6 is 11.6 Å². The van der Waals surface area contributed by atoms with Crippen LogP contribution in [0, 0.1) is 18.3 Å². The molecule has 1 aromatic carbocycles. The number of fused-ring (bicyclic) bond motifs is 3. The molecule has 0 saturated carbocycles. The normalized spacial score (nSPS) is 20.8. The van der Waals surface area contributed by atoms with Crippen molar-refractivity contribution in [2.45, 2.75) is 51.2 Å². The third-order valence-electron chi connectivity index (χ3n) is 7.55. The Bertz CT molecular complexity index is 1290. The van der Waals surface area contributed by atoms with Crippen molar-refractivity contribution in [3.05, 3.63) is 63.8 Å². The van der Waals surface area contributed by atoms with Gasteiger partial charge in [-0.25, -0.2) is 4.98 Å². The highest BCUT2D eigenvalue weighted by atomic mass is 35.5. The lowest BCUT2D eigenvalue weighted by molar-refractivity contribution is 0.133. The fourth-order valence-electron chi connectivity index (χ4n) is 5.59. The number of piperidine rings is 1. The first-order valence-electron chi connectivity index (χ1n) is 12.3. The molecule has 0 aliphatic carbocycles. The Morgan fingerprint density at radius 3 is 2.69 bits per heavy atom. The van der Waals surface area contributed by atoms with E-state index in [0.29, 0.717) is 17.5 Å². The fourth-order valence-corrected chi connectivity index (χ4v) is 5.79. The van der Waals surface area contributed by atoms with E-state index in [0.717, 1.165) is 92.5 Å². The summed E-state index contributed by atoms with van der Waals surface area (Å²) >= 11 is 6.42. The summed E-state index contributed by atoms with van der Waals surface area (Å²) in [6.45, 7) is 6.83. The maximum atomic E-state index is 9.20. The molecule has 0 N–H and O–H groups in total. The van der Waals surface area contributed by atoms with Crippen LogP contribution in [0.2, 0.25) is 5.02 Å². The van der Waals surface area contributed by atoms with Crippen molar-refractivity contribution in [1.82, 2.24) is 24.6 Å². The van der Waals surface area contributed by atoms with Crippen LogP contribution in [0.3, 0.4) is 0 Å². The summed E-state index contributed by atoms with van der Waals surface area (Å²) in [5.74, 6) is 3.28. The van der Waals surface area contributed by atoms with E-state index in [-0.39, 0.29) is 0 Å². The van der Waals surface area contributed by atoms with Crippen molar-refractivity contribution < 1.29 is 4.74 Å². The number of aryl methyl sites for hydroxylation is 1. The maximum Gasteiger partial charge on any atom is 0.151 e. The summed E-state index contributed by atoms with van der Waals surface area (Å²) in [5, 5.41) is 19.4. The van der Waals surface area contributed by atoms with Crippen LogP contribution in [0.15, 0.2) is 30.3 Å². The first kappa shape index (κ1) is 22.5. The Hall–Kier alpha value is -2.99. The number of halogens is 1. The molecule has 9 heteroatoms. The molecule has 6 rings (SSSR count). The van der Waals surface area contributed by atoms with Crippen molar-refractivity contribution in [2.75, 3.05) is 31.2 Å². The lowest BCUT2D eigenvalue weighted by Crippen LogP contribution is -2.34. The number of hydrogen-bond donors (Lipinski definition) is 0. The predicted octanol–water partition coefficient (Wildman–Crippen LogP) is 3.98. The lowest BCUT2D eigenvalue weighted by Gasteiger charge is -2.32. The van der Waals surface area contributed by atoms with Gasteiger partial charge in [-0.3, -0.25) is 9.47 Å². The van der Waals surface area contributed by atoms with Gasteiger partial charge in [0.25, 0.3) is 0 Å². The van der Waals surface area contributed by atoms with E-state index in [1.807, 2.05) is 25.1 Å². The van der Waals surface area contributed by atoms with Gasteiger partial charge >= 0.3 is 0 Å². The van der Waals surface area contributed by atoms with E-state index in [2.05, 4.69) is 42.7 Å². The van der Waals surface area contributed by atoms with Gasteiger partial charge in [-0.05, 0) is 62.1 Å². The molecular formula is C26H28ClN7O. The van der Waals surface area contributed by atoms with Crippen molar-refractivity contribution in [2.24, 2.45) is 0 Å². The summed E-state index contributed by atoms with van der Waals surface area (Å²) in [6.07, 6.45) is 2.99. The highest BCUT2D eigenvalue weighted by Crippen LogP contribution is 2.35. The van der Waals surface area contributed by atoms with Gasteiger partial charge < -0.3 is 9.64 Å². The Kier molecular flexibility index (Phi) is 5.93. The Morgan fingerprint density at radius 2 is 1.94 bits per heavy atom. The predicted molar refractivity (Wildman–Crippen MR) is 133 cm³/mol. The highest BCUT2D eigenvalue weighted by Gasteiger charge is 2.33. The van der Waals surface area contributed by atoms with E-state index in [9.17, 15) is 5.26 Å². The van der Waals surface area contributed by atoms with Crippen molar-refractivity contribution in [3.8, 4) is 11.8 Å². The van der Waals surface area contributed by atoms with Crippen LogP contribution in [0.4, 0.5) is 5.82 Å². The van der Waals surface area contributed by atoms with Crippen LogP contribution < -0.4 is 4.90 Å². The smallest absolute Gasteiger partial charge is 0.151 e. The SMILES string of the molecule is Cc1nc(N2CCC(c3nnc4n3-c3ccc(Cl)cc3CN([C@@H]3CCOC3)C4)CC2)ccc1C#N. The largest absolute Gasteiger partial charge is 0.380 e. The minimum absolute atomic E-state index is 0.317. The van der Waals surface area contributed by atoms with Crippen LogP contribution in [-0.2, 0) is 17.8 Å². The van der Waals surface area contributed by atoms with Gasteiger partial charge in [0.1, 0.15) is 17.7 Å². The molecule has 3 aliphatic heterocycles. The Labute approximate surface area is 210 Å². The van der Waals surface area contributed by atoms with Gasteiger partial charge in [-0.2, -0.15) is 5.26 Å². The first-order chi connectivity index (χ1) is 17.1. The molecule has 35 heavy (non-hydrogen) atoms. The molecule has 2 fully saturated rings. The molecule has 3 aliphatic rings. The molecule has 0 radical (unpaired) electrons. The third-order valence-corrected chi connectivity index (χ3v) is 7.79. The number of aromatic nitrogens is 4. The highest BCUT2D eigenvalue weighted by molar-refractivity contribution is 6.30. The zero-order chi connectivity index (χ0) is 23.9. The van der Waals surface area contributed by atoms with E-state index >= 15 is 0 Å². The molecule has 180 valence electrons. The molecule has 0 unspecified atom stereocenters. The summed E-state index contributed by atoms with van der Waals surface area (Å²) in [5.41, 5.74) is 3.76. The molecule has 0 bridgehead atoms. The molecule has 2 saturated heterocycles. The number of hydrogen-bond acceptors (Lipinski definition) is 7. The standard InChI is InChI=1S/C26H28ClN7O/c1-17-19(13-28)2-5-24(29-17)32-9-6-18(7-10-32)26-31-30-25-15-33(22-8-11-35-16-22)14-20-12-21(27)3-4-23(20)34(25)26/h2-5,12,18,22H,6-11,14-16H2,1H3/t22-/m1/s1. The average Bonchev–Trinajstić information content (AvgIpc) is 3.52. The second kappa shape index (κ2) is 9.23. The summed E-state index contributed by atoms with van der Waals surface area (Å²) < 4.78 is 7.97. The van der Waals surface area contributed by atoms with Crippen LogP contribution in [0.1, 0.15) is 53.7 Å². The molecule has 3 aromatic rings. The summed E-state index contributed by atoms with van der Waals surface area (Å²) in [4.78, 5) is 9.43. The molecular weight excluding hydrogens is 462 g/mol. The molecule has 2 aromatic heterocycles. The van der Waals surface area contributed by atoms with Gasteiger partial charge in [-0.15, -0.1) is 10.2 Å². The lowest BCUT2D eigenvalue weighted by atomic mass is 9.95. The maximum absolute atomic E-state index is 9.20. The minimum atomic E-state index is 0.317. The second-order valence-electron chi connectivity index (χ2n) is 9.68. The summed E-state index contributed by atoms with van der Waals surface area (Å²) in [7, 11) is 0. The Morgan fingerprint density at radius 1 is 1.09 bits per heavy atom. The average molecular weight is 490 g/mol. The van der Waals surface area contributed by atoms with Gasteiger partial charge in [0.2, 0.25) is 0 Å². The first-order valence-corrected chi connectivity index (χ1v) is 12.7. The number of nitrogens with zero attached hydrogens (tertiary/aromatic N) is 7. The molecule has 0 spiro atoms.